The van der Waals surface area contributed by atoms with Crippen LogP contribution in [0.3, 0.4) is 0 Å². The molecule has 1 fully saturated rings. The number of hydrogen-bond acceptors (Lipinski definition) is 6. The number of aromatic nitrogens is 2. The SMILES string of the molecule is COc1cncc(OC2CCC(NC(=O)COc3ccc(C(C)C)cc3)CC2)n1. The Balaban J connectivity index is 1.38. The predicted octanol–water partition coefficient (Wildman–Crippen LogP) is 3.49. The van der Waals surface area contributed by atoms with Crippen molar-refractivity contribution >= 4 is 5.91 Å². The van der Waals surface area contributed by atoms with Crippen molar-refractivity contribution in [2.75, 3.05) is 13.7 Å². The van der Waals surface area contributed by atoms with E-state index in [2.05, 4.69) is 29.1 Å². The zero-order valence-corrected chi connectivity index (χ0v) is 17.3. The molecule has 2 aromatic rings. The number of carbonyl (C=O) groups excluding carboxylic acids is 1. The van der Waals surface area contributed by atoms with E-state index in [0.29, 0.717) is 23.4 Å². The first kappa shape index (κ1) is 20.9. The van der Waals surface area contributed by atoms with Crippen LogP contribution < -0.4 is 19.5 Å². The molecule has 0 bridgehead atoms. The minimum Gasteiger partial charge on any atom is -0.484 e. The lowest BCUT2D eigenvalue weighted by Gasteiger charge is -2.29. The fourth-order valence-corrected chi connectivity index (χ4v) is 3.35. The highest BCUT2D eigenvalue weighted by atomic mass is 16.5. The number of rotatable bonds is 8. The Morgan fingerprint density at radius 2 is 1.79 bits per heavy atom. The van der Waals surface area contributed by atoms with Crippen LogP contribution in [0.1, 0.15) is 51.0 Å². The first-order valence-electron chi connectivity index (χ1n) is 10.1. The zero-order chi connectivity index (χ0) is 20.6. The minimum absolute atomic E-state index is 0.0247. The first-order valence-corrected chi connectivity index (χ1v) is 10.1. The molecule has 7 heteroatoms. The van der Waals surface area contributed by atoms with Crippen LogP contribution in [0, 0.1) is 0 Å². The highest BCUT2D eigenvalue weighted by Gasteiger charge is 2.24. The smallest absolute Gasteiger partial charge is 0.258 e. The largest absolute Gasteiger partial charge is 0.484 e. The van der Waals surface area contributed by atoms with Crippen molar-refractivity contribution in [1.29, 1.82) is 0 Å². The highest BCUT2D eigenvalue weighted by Crippen LogP contribution is 2.23. The van der Waals surface area contributed by atoms with Crippen LogP contribution in [-0.2, 0) is 4.79 Å². The van der Waals surface area contributed by atoms with Gasteiger partial charge in [0.2, 0.25) is 11.8 Å². The van der Waals surface area contributed by atoms with E-state index < -0.39 is 0 Å². The van der Waals surface area contributed by atoms with Crippen LogP contribution in [0.15, 0.2) is 36.7 Å². The summed E-state index contributed by atoms with van der Waals surface area (Å²) in [6.07, 6.45) is 6.61. The summed E-state index contributed by atoms with van der Waals surface area (Å²) in [7, 11) is 1.55. The van der Waals surface area contributed by atoms with Gasteiger partial charge in [-0.1, -0.05) is 26.0 Å². The first-order chi connectivity index (χ1) is 14.0. The molecule has 1 aromatic carbocycles. The molecule has 0 saturated heterocycles. The van der Waals surface area contributed by atoms with Gasteiger partial charge < -0.3 is 19.5 Å². The van der Waals surface area contributed by atoms with Crippen molar-refractivity contribution in [2.24, 2.45) is 0 Å². The summed E-state index contributed by atoms with van der Waals surface area (Å²) in [5.74, 6) is 1.99. The van der Waals surface area contributed by atoms with Gasteiger partial charge in [0.25, 0.3) is 5.91 Å². The molecule has 1 saturated carbocycles. The Morgan fingerprint density at radius 1 is 1.10 bits per heavy atom. The molecular formula is C22H29N3O4. The van der Waals surface area contributed by atoms with Crippen LogP contribution in [0.5, 0.6) is 17.5 Å². The van der Waals surface area contributed by atoms with Gasteiger partial charge >= 0.3 is 0 Å². The number of amides is 1. The molecule has 0 unspecified atom stereocenters. The van der Waals surface area contributed by atoms with Crippen molar-refractivity contribution in [2.45, 2.75) is 57.6 Å². The van der Waals surface area contributed by atoms with E-state index in [1.807, 2.05) is 24.3 Å². The maximum atomic E-state index is 12.2. The lowest BCUT2D eigenvalue weighted by molar-refractivity contribution is -0.124. The molecule has 3 rings (SSSR count). The lowest BCUT2D eigenvalue weighted by Crippen LogP contribution is -2.41. The third kappa shape index (κ3) is 6.34. The number of benzene rings is 1. The summed E-state index contributed by atoms with van der Waals surface area (Å²) in [5.41, 5.74) is 1.25. The Labute approximate surface area is 171 Å². The molecular weight excluding hydrogens is 370 g/mol. The average molecular weight is 399 g/mol. The summed E-state index contributed by atoms with van der Waals surface area (Å²) in [5, 5.41) is 3.05. The van der Waals surface area contributed by atoms with E-state index in [0.717, 1.165) is 25.7 Å². The number of methoxy groups -OCH3 is 1. The summed E-state index contributed by atoms with van der Waals surface area (Å²) < 4.78 is 16.6. The molecule has 1 aliphatic carbocycles. The van der Waals surface area contributed by atoms with Crippen molar-refractivity contribution in [3.63, 3.8) is 0 Å². The van der Waals surface area contributed by atoms with E-state index in [-0.39, 0.29) is 24.7 Å². The van der Waals surface area contributed by atoms with Gasteiger partial charge in [0.15, 0.2) is 6.61 Å². The zero-order valence-electron chi connectivity index (χ0n) is 17.3. The van der Waals surface area contributed by atoms with E-state index in [1.54, 1.807) is 19.5 Å². The van der Waals surface area contributed by atoms with Gasteiger partial charge in [-0.15, -0.1) is 0 Å². The fourth-order valence-electron chi connectivity index (χ4n) is 3.35. The fraction of sp³-hybridized carbons (Fsp3) is 0.500. The quantitative estimate of drug-likeness (QED) is 0.732. The van der Waals surface area contributed by atoms with Crippen molar-refractivity contribution in [3.05, 3.63) is 42.2 Å². The molecule has 1 aliphatic rings. The van der Waals surface area contributed by atoms with E-state index in [4.69, 9.17) is 14.2 Å². The van der Waals surface area contributed by atoms with Crippen LogP contribution >= 0.6 is 0 Å². The van der Waals surface area contributed by atoms with Gasteiger partial charge in [-0.3, -0.25) is 9.78 Å². The number of nitrogens with one attached hydrogen (secondary N) is 1. The molecule has 7 nitrogen and oxygen atoms in total. The lowest BCUT2D eigenvalue weighted by atomic mass is 9.93. The second kappa shape index (κ2) is 10.1. The van der Waals surface area contributed by atoms with Gasteiger partial charge in [0.1, 0.15) is 11.9 Å². The number of ether oxygens (including phenoxy) is 3. The van der Waals surface area contributed by atoms with E-state index >= 15 is 0 Å². The molecule has 0 aliphatic heterocycles. The molecule has 1 heterocycles. The maximum Gasteiger partial charge on any atom is 0.258 e. The molecule has 0 spiro atoms. The molecule has 1 aromatic heterocycles. The summed E-state index contributed by atoms with van der Waals surface area (Å²) in [6, 6.07) is 8.03. The monoisotopic (exact) mass is 399 g/mol. The summed E-state index contributed by atoms with van der Waals surface area (Å²) in [6.45, 7) is 4.32. The molecule has 1 amide bonds. The van der Waals surface area contributed by atoms with E-state index in [1.165, 1.54) is 5.56 Å². The number of hydrogen-bond donors (Lipinski definition) is 1. The third-order valence-corrected chi connectivity index (χ3v) is 5.04. The van der Waals surface area contributed by atoms with Crippen LogP contribution in [0.25, 0.3) is 0 Å². The minimum atomic E-state index is -0.0963. The molecule has 156 valence electrons. The number of nitrogens with zero attached hydrogens (tertiary/aromatic N) is 2. The normalized spacial score (nSPS) is 18.9. The Bertz CT molecular complexity index is 787. The van der Waals surface area contributed by atoms with Gasteiger partial charge in [-0.2, -0.15) is 4.98 Å². The van der Waals surface area contributed by atoms with Gasteiger partial charge in [-0.05, 0) is 49.3 Å². The number of carbonyl (C=O) groups is 1. The average Bonchev–Trinajstić information content (AvgIpc) is 2.74. The second-order valence-electron chi connectivity index (χ2n) is 7.57. The standard InChI is InChI=1S/C22H29N3O4/c1-15(2)16-4-8-18(9-5-16)28-14-20(26)24-17-6-10-19(11-7-17)29-22-13-23-12-21(25-22)27-3/h4-5,8-9,12-13,15,17,19H,6-7,10-11,14H2,1-3H3,(H,24,26). The van der Waals surface area contributed by atoms with Crippen LogP contribution in [-0.4, -0.2) is 41.7 Å². The molecule has 29 heavy (non-hydrogen) atoms. The van der Waals surface area contributed by atoms with E-state index in [9.17, 15) is 4.79 Å². The Morgan fingerprint density at radius 3 is 2.45 bits per heavy atom. The van der Waals surface area contributed by atoms with Crippen molar-refractivity contribution in [1.82, 2.24) is 15.3 Å². The predicted molar refractivity (Wildman–Crippen MR) is 109 cm³/mol. The van der Waals surface area contributed by atoms with Gasteiger partial charge in [0.05, 0.1) is 19.5 Å². The topological polar surface area (TPSA) is 82.6 Å². The maximum absolute atomic E-state index is 12.2. The van der Waals surface area contributed by atoms with Gasteiger partial charge in [0, 0.05) is 6.04 Å². The Kier molecular flexibility index (Phi) is 7.27. The third-order valence-electron chi connectivity index (χ3n) is 5.04. The Hall–Kier alpha value is -2.83. The van der Waals surface area contributed by atoms with Crippen molar-refractivity contribution < 1.29 is 19.0 Å². The van der Waals surface area contributed by atoms with Gasteiger partial charge in [-0.25, -0.2) is 0 Å². The highest BCUT2D eigenvalue weighted by molar-refractivity contribution is 5.77. The van der Waals surface area contributed by atoms with Crippen molar-refractivity contribution in [3.8, 4) is 17.5 Å². The molecule has 1 N–H and O–H groups in total. The molecule has 0 radical (unpaired) electrons. The van der Waals surface area contributed by atoms with Crippen LogP contribution in [0.2, 0.25) is 0 Å². The summed E-state index contributed by atoms with van der Waals surface area (Å²) >= 11 is 0. The molecule has 0 atom stereocenters. The summed E-state index contributed by atoms with van der Waals surface area (Å²) in [4.78, 5) is 20.5. The second-order valence-corrected chi connectivity index (χ2v) is 7.57. The van der Waals surface area contributed by atoms with Crippen LogP contribution in [0.4, 0.5) is 0 Å².